The number of nitro groups is 1. The van der Waals surface area contributed by atoms with Crippen LogP contribution in [0.15, 0.2) is 18.2 Å². The summed E-state index contributed by atoms with van der Waals surface area (Å²) in [4.78, 5) is 21.6. The molecule has 0 radical (unpaired) electrons. The minimum atomic E-state index is -1.26. The van der Waals surface area contributed by atoms with Crippen LogP contribution >= 0.6 is 0 Å². The van der Waals surface area contributed by atoms with E-state index in [2.05, 4.69) is 12.2 Å². The number of carbonyl (C=O) groups is 1. The predicted molar refractivity (Wildman–Crippen MR) is 78.3 cm³/mol. The highest BCUT2D eigenvalue weighted by Crippen LogP contribution is 2.34. The molecule has 0 aliphatic heterocycles. The van der Waals surface area contributed by atoms with Crippen molar-refractivity contribution in [2.24, 2.45) is 5.92 Å². The van der Waals surface area contributed by atoms with Crippen LogP contribution in [0.25, 0.3) is 0 Å². The van der Waals surface area contributed by atoms with Crippen molar-refractivity contribution in [1.29, 1.82) is 0 Å². The second kappa shape index (κ2) is 6.67. The molecule has 21 heavy (non-hydrogen) atoms. The molecule has 0 saturated heterocycles. The van der Waals surface area contributed by atoms with Crippen molar-refractivity contribution in [3.63, 3.8) is 0 Å². The van der Waals surface area contributed by atoms with Gasteiger partial charge in [0.1, 0.15) is 5.56 Å². The van der Waals surface area contributed by atoms with E-state index in [-0.39, 0.29) is 11.3 Å². The molecule has 0 amide bonds. The predicted octanol–water partition coefficient (Wildman–Crippen LogP) is 2.96. The molecule has 6 heteroatoms. The molecule has 1 aromatic carbocycles. The summed E-state index contributed by atoms with van der Waals surface area (Å²) in [5.74, 6) is -0.471. The van der Waals surface area contributed by atoms with Crippen LogP contribution in [0, 0.1) is 16.0 Å². The van der Waals surface area contributed by atoms with E-state index < -0.39 is 10.9 Å². The van der Waals surface area contributed by atoms with Gasteiger partial charge in [-0.2, -0.15) is 0 Å². The molecule has 1 aliphatic rings. The van der Waals surface area contributed by atoms with Crippen molar-refractivity contribution >= 4 is 11.7 Å². The van der Waals surface area contributed by atoms with E-state index in [0.717, 1.165) is 18.8 Å². The van der Waals surface area contributed by atoms with Crippen LogP contribution in [0.1, 0.15) is 48.5 Å². The molecule has 2 rings (SSSR count). The molecular formula is C15H20N2O4. The summed E-state index contributed by atoms with van der Waals surface area (Å²) in [5, 5.41) is 23.5. The Morgan fingerprint density at radius 3 is 2.76 bits per heavy atom. The van der Waals surface area contributed by atoms with Crippen LogP contribution in [0.4, 0.5) is 5.69 Å². The fourth-order valence-corrected chi connectivity index (χ4v) is 2.54. The fourth-order valence-electron chi connectivity index (χ4n) is 2.54. The molecule has 1 fully saturated rings. The zero-order chi connectivity index (χ0) is 15.4. The molecule has 2 N–H and O–H groups in total. The van der Waals surface area contributed by atoms with Crippen molar-refractivity contribution in [2.75, 3.05) is 0 Å². The molecule has 114 valence electrons. The number of carboxylic acids is 1. The topological polar surface area (TPSA) is 92.5 Å². The summed E-state index contributed by atoms with van der Waals surface area (Å²) >= 11 is 0. The van der Waals surface area contributed by atoms with Crippen LogP contribution in [0.3, 0.4) is 0 Å². The van der Waals surface area contributed by atoms with Gasteiger partial charge in [-0.3, -0.25) is 10.1 Å². The van der Waals surface area contributed by atoms with Crippen molar-refractivity contribution in [3.05, 3.63) is 39.4 Å². The van der Waals surface area contributed by atoms with Gasteiger partial charge in [0.05, 0.1) is 4.92 Å². The number of aromatic carboxylic acids is 1. The van der Waals surface area contributed by atoms with Gasteiger partial charge >= 0.3 is 5.97 Å². The average Bonchev–Trinajstić information content (AvgIpc) is 3.26. The Hall–Kier alpha value is -1.95. The van der Waals surface area contributed by atoms with Gasteiger partial charge in [-0.25, -0.2) is 4.79 Å². The SMILES string of the molecule is CCC(CC1CC1)NCc1cccc([N+](=O)[O-])c1C(=O)O. The Labute approximate surface area is 123 Å². The van der Waals surface area contributed by atoms with Crippen LogP contribution in [-0.4, -0.2) is 22.0 Å². The van der Waals surface area contributed by atoms with Gasteiger partial charge in [-0.05, 0) is 24.3 Å². The second-order valence-corrected chi connectivity index (χ2v) is 5.54. The molecule has 1 unspecified atom stereocenters. The van der Waals surface area contributed by atoms with Gasteiger partial charge in [0.2, 0.25) is 0 Å². The van der Waals surface area contributed by atoms with Crippen LogP contribution in [-0.2, 0) is 6.54 Å². The highest BCUT2D eigenvalue weighted by atomic mass is 16.6. The molecule has 1 atom stereocenters. The first-order valence-corrected chi connectivity index (χ1v) is 7.25. The maximum absolute atomic E-state index is 11.3. The first kappa shape index (κ1) is 15.4. The average molecular weight is 292 g/mol. The Morgan fingerprint density at radius 1 is 1.52 bits per heavy atom. The van der Waals surface area contributed by atoms with Gasteiger partial charge in [0.25, 0.3) is 5.69 Å². The van der Waals surface area contributed by atoms with Gasteiger partial charge in [0.15, 0.2) is 0 Å². The molecule has 1 aliphatic carbocycles. The highest BCUT2D eigenvalue weighted by Gasteiger charge is 2.26. The van der Waals surface area contributed by atoms with Gasteiger partial charge in [0, 0.05) is 18.7 Å². The Kier molecular flexibility index (Phi) is 4.90. The number of benzene rings is 1. The monoisotopic (exact) mass is 292 g/mol. The van der Waals surface area contributed by atoms with Crippen molar-refractivity contribution in [2.45, 2.75) is 45.2 Å². The summed E-state index contributed by atoms with van der Waals surface area (Å²) in [6, 6.07) is 4.73. The highest BCUT2D eigenvalue weighted by molar-refractivity contribution is 5.94. The summed E-state index contributed by atoms with van der Waals surface area (Å²) in [6.45, 7) is 2.43. The summed E-state index contributed by atoms with van der Waals surface area (Å²) in [5.41, 5.74) is -0.0979. The third-order valence-corrected chi connectivity index (χ3v) is 3.93. The summed E-state index contributed by atoms with van der Waals surface area (Å²) in [7, 11) is 0. The van der Waals surface area contributed by atoms with Crippen LogP contribution < -0.4 is 5.32 Å². The Morgan fingerprint density at radius 2 is 2.24 bits per heavy atom. The Balaban J connectivity index is 2.12. The Bertz CT molecular complexity index is 540. The van der Waals surface area contributed by atoms with Gasteiger partial charge in [-0.1, -0.05) is 31.9 Å². The first-order valence-electron chi connectivity index (χ1n) is 7.25. The molecule has 0 heterocycles. The summed E-state index contributed by atoms with van der Waals surface area (Å²) < 4.78 is 0. The maximum atomic E-state index is 11.3. The van der Waals surface area contributed by atoms with E-state index >= 15 is 0 Å². The number of rotatable bonds is 8. The van der Waals surface area contributed by atoms with E-state index in [4.69, 9.17) is 0 Å². The van der Waals surface area contributed by atoms with E-state index in [0.29, 0.717) is 18.2 Å². The number of nitrogens with zero attached hydrogens (tertiary/aromatic N) is 1. The molecule has 0 bridgehead atoms. The number of nitro benzene ring substituents is 1. The fraction of sp³-hybridized carbons (Fsp3) is 0.533. The lowest BCUT2D eigenvalue weighted by Gasteiger charge is -2.17. The third kappa shape index (κ3) is 4.01. The maximum Gasteiger partial charge on any atom is 0.343 e. The van der Waals surface area contributed by atoms with Crippen LogP contribution in [0.2, 0.25) is 0 Å². The molecule has 6 nitrogen and oxygen atoms in total. The minimum absolute atomic E-state index is 0.212. The van der Waals surface area contributed by atoms with E-state index in [1.807, 2.05) is 0 Å². The lowest BCUT2D eigenvalue weighted by molar-refractivity contribution is -0.385. The zero-order valence-corrected chi connectivity index (χ0v) is 12.0. The first-order chi connectivity index (χ1) is 10.0. The second-order valence-electron chi connectivity index (χ2n) is 5.54. The van der Waals surface area contributed by atoms with E-state index in [9.17, 15) is 20.0 Å². The summed E-state index contributed by atoms with van der Waals surface area (Å²) in [6.07, 6.45) is 4.60. The number of hydrogen-bond acceptors (Lipinski definition) is 4. The van der Waals surface area contributed by atoms with Crippen molar-refractivity contribution in [3.8, 4) is 0 Å². The number of nitrogens with one attached hydrogen (secondary N) is 1. The number of hydrogen-bond donors (Lipinski definition) is 2. The lowest BCUT2D eigenvalue weighted by Crippen LogP contribution is -2.29. The third-order valence-electron chi connectivity index (χ3n) is 3.93. The van der Waals surface area contributed by atoms with Gasteiger partial charge in [-0.15, -0.1) is 0 Å². The molecule has 1 saturated carbocycles. The van der Waals surface area contributed by atoms with Crippen molar-refractivity contribution in [1.82, 2.24) is 5.32 Å². The van der Waals surface area contributed by atoms with Gasteiger partial charge < -0.3 is 10.4 Å². The molecule has 0 aromatic heterocycles. The quantitative estimate of drug-likeness (QED) is 0.567. The lowest BCUT2D eigenvalue weighted by atomic mass is 10.0. The van der Waals surface area contributed by atoms with E-state index in [1.54, 1.807) is 6.07 Å². The normalized spacial score (nSPS) is 15.7. The smallest absolute Gasteiger partial charge is 0.343 e. The molecular weight excluding hydrogens is 272 g/mol. The zero-order valence-electron chi connectivity index (χ0n) is 12.0. The standard InChI is InChI=1S/C15H20N2O4/c1-2-12(8-10-6-7-10)16-9-11-4-3-5-13(17(20)21)14(11)15(18)19/h3-5,10,12,16H,2,6-9H2,1H3,(H,18,19). The van der Waals surface area contributed by atoms with E-state index in [1.165, 1.54) is 25.0 Å². The largest absolute Gasteiger partial charge is 0.477 e. The molecule has 0 spiro atoms. The minimum Gasteiger partial charge on any atom is -0.477 e. The van der Waals surface area contributed by atoms with Crippen molar-refractivity contribution < 1.29 is 14.8 Å². The number of carboxylic acid groups (broad SMARTS) is 1. The molecule has 1 aromatic rings. The van der Waals surface area contributed by atoms with Crippen LogP contribution in [0.5, 0.6) is 0 Å².